The number of nitrogens with one attached hydrogen (secondary N) is 1. The van der Waals surface area contributed by atoms with Crippen LogP contribution >= 0.6 is 0 Å². The van der Waals surface area contributed by atoms with E-state index in [2.05, 4.69) is 0 Å². The van der Waals surface area contributed by atoms with E-state index in [1.54, 1.807) is 6.92 Å². The molecule has 1 saturated heterocycles. The summed E-state index contributed by atoms with van der Waals surface area (Å²) >= 11 is 0. The number of H-pyrrole nitrogens is 1. The first kappa shape index (κ1) is 19.2. The molecule has 1 fully saturated rings. The van der Waals surface area contributed by atoms with Crippen molar-refractivity contribution < 1.29 is 27.4 Å². The van der Waals surface area contributed by atoms with E-state index in [9.17, 15) is 27.6 Å². The summed E-state index contributed by atoms with van der Waals surface area (Å²) in [6, 6.07) is 0. The van der Waals surface area contributed by atoms with E-state index in [0.29, 0.717) is 11.0 Å². The highest BCUT2D eigenvalue weighted by Gasteiger charge is 2.45. The second kappa shape index (κ2) is 7.03. The number of rotatable bonds is 4. The summed E-state index contributed by atoms with van der Waals surface area (Å²) < 4.78 is 49.1. The van der Waals surface area contributed by atoms with Crippen molar-refractivity contribution in [1.82, 2.24) is 9.55 Å². The van der Waals surface area contributed by atoms with Crippen LogP contribution in [0.15, 0.2) is 15.8 Å². The van der Waals surface area contributed by atoms with E-state index in [0.717, 1.165) is 6.20 Å². The first-order chi connectivity index (χ1) is 11.5. The van der Waals surface area contributed by atoms with E-state index in [1.807, 2.05) is 11.9 Å². The molecular weight excluding hydrogens is 345 g/mol. The van der Waals surface area contributed by atoms with Crippen molar-refractivity contribution in [3.8, 4) is 0 Å². The molecule has 0 radical (unpaired) electrons. The first-order valence-electron chi connectivity index (χ1n) is 7.76. The molecule has 0 aromatic carbocycles. The number of aromatic amines is 1. The van der Waals surface area contributed by atoms with E-state index < -0.39 is 42.1 Å². The number of esters is 1. The zero-order valence-corrected chi connectivity index (χ0v) is 13.9. The van der Waals surface area contributed by atoms with Crippen LogP contribution in [-0.4, -0.2) is 33.9 Å². The highest BCUT2D eigenvalue weighted by Crippen LogP contribution is 2.39. The third-order valence-corrected chi connectivity index (χ3v) is 4.12. The smallest absolute Gasteiger partial charge is 0.406 e. The van der Waals surface area contributed by atoms with Gasteiger partial charge in [0.15, 0.2) is 0 Å². The summed E-state index contributed by atoms with van der Waals surface area (Å²) in [5.41, 5.74) is -2.22. The van der Waals surface area contributed by atoms with Crippen molar-refractivity contribution in [3.63, 3.8) is 0 Å². The summed E-state index contributed by atoms with van der Waals surface area (Å²) in [4.78, 5) is 36.9. The molecule has 0 spiro atoms. The van der Waals surface area contributed by atoms with Crippen LogP contribution in [0.5, 0.6) is 0 Å². The lowest BCUT2D eigenvalue weighted by Crippen LogP contribution is -2.38. The molecule has 4 atom stereocenters. The Kier molecular flexibility index (Phi) is 5.40. The lowest BCUT2D eigenvalue weighted by molar-refractivity contribution is -0.150. The molecule has 0 aliphatic carbocycles. The van der Waals surface area contributed by atoms with Crippen molar-refractivity contribution in [2.75, 3.05) is 0 Å². The van der Waals surface area contributed by atoms with Crippen molar-refractivity contribution in [2.24, 2.45) is 5.92 Å². The molecule has 1 aliphatic heterocycles. The molecule has 1 aromatic rings. The Hall–Kier alpha value is -2.10. The van der Waals surface area contributed by atoms with Gasteiger partial charge in [-0.3, -0.25) is 19.1 Å². The number of hydrogen-bond acceptors (Lipinski definition) is 5. The largest absolute Gasteiger partial charge is 0.459 e. The molecule has 0 saturated carbocycles. The Morgan fingerprint density at radius 3 is 2.56 bits per heavy atom. The number of aromatic nitrogens is 2. The van der Waals surface area contributed by atoms with E-state index in [4.69, 9.17) is 9.47 Å². The molecule has 7 nitrogen and oxygen atoms in total. The Morgan fingerprint density at radius 2 is 2.04 bits per heavy atom. The predicted octanol–water partition coefficient (Wildman–Crippen LogP) is 1.52. The molecule has 2 rings (SSSR count). The lowest BCUT2D eigenvalue weighted by Gasteiger charge is -2.21. The van der Waals surface area contributed by atoms with Crippen molar-refractivity contribution in [3.05, 3.63) is 32.6 Å². The van der Waals surface area contributed by atoms with Crippen LogP contribution in [0.3, 0.4) is 0 Å². The maximum Gasteiger partial charge on any atom is 0.406 e. The molecular formula is C15H19F3N2O5. The fourth-order valence-corrected chi connectivity index (χ4v) is 3.00. The quantitative estimate of drug-likeness (QED) is 0.818. The molecule has 10 heteroatoms. The predicted molar refractivity (Wildman–Crippen MR) is 80.0 cm³/mol. The highest BCUT2D eigenvalue weighted by molar-refractivity contribution is 5.66. The van der Waals surface area contributed by atoms with Gasteiger partial charge >= 0.3 is 17.8 Å². The minimum Gasteiger partial charge on any atom is -0.459 e. The number of nitrogens with zero attached hydrogens (tertiary/aromatic N) is 1. The standard InChI is InChI=1S/C15H19F3N2O5/c1-4-10-7(2)11(24-8(3)21)12(25-10)9-5-20(6-15(16,17)18)14(23)19-13(9)22/h5,7,10-12H,4,6H2,1-3H3,(H,19,22,23)/t7-,10-,11-,12+/m1/s1. The Morgan fingerprint density at radius 1 is 1.40 bits per heavy atom. The zero-order valence-electron chi connectivity index (χ0n) is 13.9. The Bertz CT molecular complexity index is 755. The van der Waals surface area contributed by atoms with Crippen LogP contribution in [0, 0.1) is 5.92 Å². The Labute approximate surface area is 140 Å². The minimum atomic E-state index is -4.63. The average molecular weight is 364 g/mol. The fraction of sp³-hybridized carbons (Fsp3) is 0.667. The van der Waals surface area contributed by atoms with Gasteiger partial charge in [-0.25, -0.2) is 4.79 Å². The van der Waals surface area contributed by atoms with E-state index in [-0.39, 0.29) is 17.6 Å². The second-order valence-electron chi connectivity index (χ2n) is 6.02. The molecule has 0 unspecified atom stereocenters. The normalized spacial score (nSPS) is 26.6. The molecule has 25 heavy (non-hydrogen) atoms. The van der Waals surface area contributed by atoms with E-state index >= 15 is 0 Å². The summed E-state index contributed by atoms with van der Waals surface area (Å²) in [7, 11) is 0. The molecule has 2 heterocycles. The highest BCUT2D eigenvalue weighted by atomic mass is 19.4. The number of carbonyl (C=O) groups excluding carboxylic acids is 1. The minimum absolute atomic E-state index is 0.182. The summed E-state index contributed by atoms with van der Waals surface area (Å²) in [6.45, 7) is 3.25. The number of carbonyl (C=O) groups is 1. The Balaban J connectivity index is 2.47. The van der Waals surface area contributed by atoms with E-state index in [1.165, 1.54) is 6.92 Å². The lowest BCUT2D eigenvalue weighted by atomic mass is 9.94. The van der Waals surface area contributed by atoms with Crippen molar-refractivity contribution in [1.29, 1.82) is 0 Å². The zero-order chi connectivity index (χ0) is 18.9. The average Bonchev–Trinajstić information content (AvgIpc) is 2.77. The van der Waals surface area contributed by atoms with Crippen LogP contribution < -0.4 is 11.2 Å². The van der Waals surface area contributed by atoms with Gasteiger partial charge < -0.3 is 9.47 Å². The van der Waals surface area contributed by atoms with Gasteiger partial charge in [0.1, 0.15) is 18.8 Å². The maximum absolute atomic E-state index is 12.6. The number of ether oxygens (including phenoxy) is 2. The molecule has 1 aliphatic rings. The van der Waals surface area contributed by atoms with Crippen LogP contribution in [-0.2, 0) is 20.8 Å². The van der Waals surface area contributed by atoms with Crippen LogP contribution in [0.1, 0.15) is 38.9 Å². The number of halogens is 3. The van der Waals surface area contributed by atoms with Crippen LogP contribution in [0.2, 0.25) is 0 Å². The SMILES string of the molecule is CC[C@H]1O[C@@H](c2cn(CC(F)(F)F)c(=O)[nH]c2=O)[C@H](OC(C)=O)[C@@H]1C. The topological polar surface area (TPSA) is 90.4 Å². The van der Waals surface area contributed by atoms with Gasteiger partial charge in [-0.2, -0.15) is 13.2 Å². The summed E-state index contributed by atoms with van der Waals surface area (Å²) in [5, 5.41) is 0. The molecule has 0 amide bonds. The number of hydrogen-bond donors (Lipinski definition) is 1. The van der Waals surface area contributed by atoms with Gasteiger partial charge in [0.25, 0.3) is 5.56 Å². The second-order valence-corrected chi connectivity index (χ2v) is 6.02. The van der Waals surface area contributed by atoms with Crippen molar-refractivity contribution >= 4 is 5.97 Å². The van der Waals surface area contributed by atoms with Gasteiger partial charge in [-0.15, -0.1) is 0 Å². The van der Waals surface area contributed by atoms with Gasteiger partial charge in [-0.1, -0.05) is 13.8 Å². The van der Waals surface area contributed by atoms with Crippen molar-refractivity contribution in [2.45, 2.75) is 58.2 Å². The van der Waals surface area contributed by atoms with Gasteiger partial charge in [0.05, 0.1) is 11.7 Å². The van der Waals surface area contributed by atoms with Crippen LogP contribution in [0.4, 0.5) is 13.2 Å². The molecule has 1 aromatic heterocycles. The third-order valence-electron chi connectivity index (χ3n) is 4.12. The van der Waals surface area contributed by atoms with Gasteiger partial charge in [-0.05, 0) is 6.42 Å². The van der Waals surface area contributed by atoms with Gasteiger partial charge in [0.2, 0.25) is 0 Å². The monoisotopic (exact) mass is 364 g/mol. The fourth-order valence-electron chi connectivity index (χ4n) is 3.00. The van der Waals surface area contributed by atoms with Crippen LogP contribution in [0.25, 0.3) is 0 Å². The van der Waals surface area contributed by atoms with Gasteiger partial charge in [0, 0.05) is 19.0 Å². The summed E-state index contributed by atoms with van der Waals surface area (Å²) in [5.74, 6) is -0.858. The molecule has 140 valence electrons. The summed E-state index contributed by atoms with van der Waals surface area (Å²) in [6.07, 6.45) is -5.47. The number of alkyl halides is 3. The maximum atomic E-state index is 12.6. The first-order valence-corrected chi connectivity index (χ1v) is 7.76. The molecule has 1 N–H and O–H groups in total. The third kappa shape index (κ3) is 4.30. The molecule has 0 bridgehead atoms.